The summed E-state index contributed by atoms with van der Waals surface area (Å²) in [7, 11) is 1.57. The lowest BCUT2D eigenvalue weighted by molar-refractivity contribution is 0.0990. The maximum absolute atomic E-state index is 12.3. The Balaban J connectivity index is 2.28. The zero-order chi connectivity index (χ0) is 13.8. The van der Waals surface area contributed by atoms with E-state index in [4.69, 9.17) is 4.74 Å². The molecule has 0 unspecified atom stereocenters. The summed E-state index contributed by atoms with van der Waals surface area (Å²) in [5, 5.41) is 0. The first-order chi connectivity index (χ1) is 9.11. The van der Waals surface area contributed by atoms with Gasteiger partial charge in [0.05, 0.1) is 12.7 Å². The zero-order valence-corrected chi connectivity index (χ0v) is 13.5. The molecular formula is C15H12Br2O2. The summed E-state index contributed by atoms with van der Waals surface area (Å²) >= 11 is 6.82. The molecule has 0 spiro atoms. The lowest BCUT2D eigenvalue weighted by Gasteiger charge is -2.09. The summed E-state index contributed by atoms with van der Waals surface area (Å²) in [6, 6.07) is 13.1. The monoisotopic (exact) mass is 382 g/mol. The predicted octanol–water partition coefficient (Wildman–Crippen LogP) is 4.65. The van der Waals surface area contributed by atoms with E-state index in [1.165, 1.54) is 0 Å². The number of benzene rings is 2. The highest BCUT2D eigenvalue weighted by molar-refractivity contribution is 9.10. The second kappa shape index (κ2) is 6.35. The molecule has 2 nitrogen and oxygen atoms in total. The Morgan fingerprint density at radius 1 is 1.16 bits per heavy atom. The van der Waals surface area contributed by atoms with Crippen LogP contribution >= 0.6 is 31.9 Å². The summed E-state index contributed by atoms with van der Waals surface area (Å²) in [5.41, 5.74) is 1.57. The third-order valence-corrected chi connectivity index (χ3v) is 4.04. The molecule has 2 aromatic rings. The molecule has 0 amide bonds. The molecule has 0 heterocycles. The maximum atomic E-state index is 12.3. The highest BCUT2D eigenvalue weighted by Gasteiger charge is 2.14. The van der Waals surface area contributed by atoms with Crippen LogP contribution in [-0.2, 0) is 6.42 Å². The van der Waals surface area contributed by atoms with Crippen LogP contribution in [0.1, 0.15) is 15.9 Å². The zero-order valence-electron chi connectivity index (χ0n) is 10.3. The molecule has 0 fully saturated rings. The van der Waals surface area contributed by atoms with Crippen molar-refractivity contribution in [1.82, 2.24) is 0 Å². The van der Waals surface area contributed by atoms with E-state index >= 15 is 0 Å². The fourth-order valence-corrected chi connectivity index (χ4v) is 2.57. The highest BCUT2D eigenvalue weighted by Crippen LogP contribution is 2.26. The minimum Gasteiger partial charge on any atom is -0.496 e. The molecule has 0 atom stereocenters. The molecule has 0 saturated carbocycles. The van der Waals surface area contributed by atoms with Gasteiger partial charge in [-0.2, -0.15) is 0 Å². The fourth-order valence-electron chi connectivity index (χ4n) is 1.81. The van der Waals surface area contributed by atoms with E-state index < -0.39 is 0 Å². The predicted molar refractivity (Wildman–Crippen MR) is 82.9 cm³/mol. The number of rotatable bonds is 4. The van der Waals surface area contributed by atoms with Gasteiger partial charge in [-0.05, 0) is 29.8 Å². The topological polar surface area (TPSA) is 26.3 Å². The molecule has 0 aliphatic carbocycles. The van der Waals surface area contributed by atoms with Gasteiger partial charge >= 0.3 is 0 Å². The van der Waals surface area contributed by atoms with Crippen molar-refractivity contribution in [3.8, 4) is 5.75 Å². The molecule has 4 heteroatoms. The molecular weight excluding hydrogens is 372 g/mol. The van der Waals surface area contributed by atoms with Gasteiger partial charge in [0.1, 0.15) is 5.75 Å². The number of ether oxygens (including phenoxy) is 1. The lowest BCUT2D eigenvalue weighted by atomic mass is 10.0. The van der Waals surface area contributed by atoms with Crippen molar-refractivity contribution in [1.29, 1.82) is 0 Å². The third-order valence-electron chi connectivity index (χ3n) is 2.77. The van der Waals surface area contributed by atoms with Gasteiger partial charge in [0.2, 0.25) is 0 Å². The summed E-state index contributed by atoms with van der Waals surface area (Å²) in [6.45, 7) is 0. The van der Waals surface area contributed by atoms with Gasteiger partial charge in [-0.1, -0.05) is 50.1 Å². The Bertz CT molecular complexity index is 609. The molecule has 98 valence electrons. The smallest absolute Gasteiger partial charge is 0.170 e. The third kappa shape index (κ3) is 3.45. The first kappa shape index (κ1) is 14.3. The Hall–Kier alpha value is -1.13. The van der Waals surface area contributed by atoms with E-state index in [1.807, 2.05) is 30.3 Å². The molecule has 0 N–H and O–H groups in total. The van der Waals surface area contributed by atoms with Crippen LogP contribution in [0.3, 0.4) is 0 Å². The van der Waals surface area contributed by atoms with Gasteiger partial charge in [-0.25, -0.2) is 0 Å². The Morgan fingerprint density at radius 3 is 2.58 bits per heavy atom. The van der Waals surface area contributed by atoms with Crippen molar-refractivity contribution in [3.63, 3.8) is 0 Å². The normalized spacial score (nSPS) is 10.3. The van der Waals surface area contributed by atoms with Gasteiger partial charge in [0, 0.05) is 15.4 Å². The van der Waals surface area contributed by atoms with Crippen LogP contribution in [-0.4, -0.2) is 12.9 Å². The van der Waals surface area contributed by atoms with Gasteiger partial charge in [0.25, 0.3) is 0 Å². The van der Waals surface area contributed by atoms with E-state index in [-0.39, 0.29) is 5.78 Å². The van der Waals surface area contributed by atoms with Crippen LogP contribution in [0, 0.1) is 0 Å². The summed E-state index contributed by atoms with van der Waals surface area (Å²) in [6.07, 6.45) is 0.347. The van der Waals surface area contributed by atoms with Gasteiger partial charge < -0.3 is 4.74 Å². The maximum Gasteiger partial charge on any atom is 0.170 e. The van der Waals surface area contributed by atoms with E-state index in [0.717, 1.165) is 14.5 Å². The molecule has 19 heavy (non-hydrogen) atoms. The van der Waals surface area contributed by atoms with Crippen molar-refractivity contribution in [3.05, 3.63) is 62.5 Å². The largest absolute Gasteiger partial charge is 0.496 e. The molecule has 0 aromatic heterocycles. The minimum atomic E-state index is 0.0382. The fraction of sp³-hybridized carbons (Fsp3) is 0.133. The minimum absolute atomic E-state index is 0.0382. The number of carbonyl (C=O) groups is 1. The molecule has 2 aromatic carbocycles. The van der Waals surface area contributed by atoms with E-state index in [1.54, 1.807) is 19.2 Å². The van der Waals surface area contributed by atoms with Crippen molar-refractivity contribution in [2.45, 2.75) is 6.42 Å². The first-order valence-electron chi connectivity index (χ1n) is 5.72. The highest BCUT2D eigenvalue weighted by atomic mass is 79.9. The van der Waals surface area contributed by atoms with E-state index in [9.17, 15) is 4.79 Å². The number of carbonyl (C=O) groups excluding carboxylic acids is 1. The number of methoxy groups -OCH3 is 1. The Morgan fingerprint density at radius 2 is 1.89 bits per heavy atom. The van der Waals surface area contributed by atoms with Gasteiger partial charge in [-0.15, -0.1) is 0 Å². The quantitative estimate of drug-likeness (QED) is 0.718. The summed E-state index contributed by atoms with van der Waals surface area (Å²) < 4.78 is 7.09. The summed E-state index contributed by atoms with van der Waals surface area (Å²) in [4.78, 5) is 12.3. The molecule has 0 bridgehead atoms. The Kier molecular flexibility index (Phi) is 4.77. The van der Waals surface area contributed by atoms with E-state index in [0.29, 0.717) is 17.7 Å². The van der Waals surface area contributed by atoms with Crippen LogP contribution < -0.4 is 4.74 Å². The second-order valence-corrected chi connectivity index (χ2v) is 5.81. The van der Waals surface area contributed by atoms with Crippen molar-refractivity contribution in [2.24, 2.45) is 0 Å². The number of hydrogen-bond acceptors (Lipinski definition) is 2. The van der Waals surface area contributed by atoms with Crippen molar-refractivity contribution >= 4 is 37.6 Å². The number of Topliss-reactive ketones (excluding diaryl/α,β-unsaturated/α-hetero) is 1. The van der Waals surface area contributed by atoms with Crippen LogP contribution in [0.4, 0.5) is 0 Å². The van der Waals surface area contributed by atoms with Crippen LogP contribution in [0.15, 0.2) is 51.4 Å². The number of hydrogen-bond donors (Lipinski definition) is 0. The van der Waals surface area contributed by atoms with Gasteiger partial charge in [-0.3, -0.25) is 4.79 Å². The van der Waals surface area contributed by atoms with Crippen LogP contribution in [0.5, 0.6) is 5.75 Å². The van der Waals surface area contributed by atoms with Crippen molar-refractivity contribution in [2.75, 3.05) is 7.11 Å². The first-order valence-corrected chi connectivity index (χ1v) is 7.30. The SMILES string of the molecule is COc1cc(Br)ccc1C(=O)Cc1ccccc1Br. The molecule has 0 aliphatic rings. The Labute approximate surface area is 129 Å². The average molecular weight is 384 g/mol. The second-order valence-electron chi connectivity index (χ2n) is 4.04. The molecule has 0 aliphatic heterocycles. The summed E-state index contributed by atoms with van der Waals surface area (Å²) in [5.74, 6) is 0.627. The van der Waals surface area contributed by atoms with E-state index in [2.05, 4.69) is 31.9 Å². The van der Waals surface area contributed by atoms with Crippen LogP contribution in [0.25, 0.3) is 0 Å². The molecule has 0 radical (unpaired) electrons. The standard InChI is InChI=1S/C15H12Br2O2/c1-19-15-9-11(16)6-7-12(15)14(18)8-10-4-2-3-5-13(10)17/h2-7,9H,8H2,1H3. The van der Waals surface area contributed by atoms with Gasteiger partial charge in [0.15, 0.2) is 5.78 Å². The van der Waals surface area contributed by atoms with Crippen molar-refractivity contribution < 1.29 is 9.53 Å². The molecule has 0 saturated heterocycles. The average Bonchev–Trinajstić information content (AvgIpc) is 2.41. The number of halogens is 2. The van der Waals surface area contributed by atoms with Crippen LogP contribution in [0.2, 0.25) is 0 Å². The number of ketones is 1. The lowest BCUT2D eigenvalue weighted by Crippen LogP contribution is -2.06. The molecule has 2 rings (SSSR count).